The zero-order chi connectivity index (χ0) is 15.4. The molecule has 3 nitrogen and oxygen atoms in total. The smallest absolute Gasteiger partial charge is 0.340 e. The third-order valence-electron chi connectivity index (χ3n) is 2.86. The Kier molecular flexibility index (Phi) is 5.04. The largest absolute Gasteiger partial charge is 0.465 e. The Morgan fingerprint density at radius 1 is 1.19 bits per heavy atom. The molecule has 0 saturated carbocycles. The first-order chi connectivity index (χ1) is 10.0. The number of carbonyl (C=O) groups excluding carboxylic acids is 1. The topological polar surface area (TPSA) is 38.3 Å². The van der Waals surface area contributed by atoms with Crippen LogP contribution in [0.1, 0.15) is 15.9 Å². The minimum absolute atomic E-state index is 0.179. The van der Waals surface area contributed by atoms with Crippen molar-refractivity contribution in [3.63, 3.8) is 0 Å². The molecule has 0 aromatic heterocycles. The van der Waals surface area contributed by atoms with Crippen molar-refractivity contribution in [3.05, 3.63) is 63.4 Å². The van der Waals surface area contributed by atoms with Crippen LogP contribution in [-0.4, -0.2) is 13.1 Å². The molecule has 0 unspecified atom stereocenters. The lowest BCUT2D eigenvalue weighted by atomic mass is 10.1. The van der Waals surface area contributed by atoms with Gasteiger partial charge in [-0.05, 0) is 36.4 Å². The highest BCUT2D eigenvalue weighted by atomic mass is 35.5. The van der Waals surface area contributed by atoms with E-state index in [1.165, 1.54) is 31.4 Å². The van der Waals surface area contributed by atoms with E-state index in [0.29, 0.717) is 21.3 Å². The quantitative estimate of drug-likeness (QED) is 0.838. The average molecular weight is 328 g/mol. The highest BCUT2D eigenvalue weighted by Gasteiger charge is 2.13. The van der Waals surface area contributed by atoms with Gasteiger partial charge < -0.3 is 10.1 Å². The second-order valence-electron chi connectivity index (χ2n) is 4.27. The summed E-state index contributed by atoms with van der Waals surface area (Å²) in [6.07, 6.45) is 0. The van der Waals surface area contributed by atoms with Gasteiger partial charge >= 0.3 is 5.97 Å². The average Bonchev–Trinajstić information content (AvgIpc) is 2.48. The lowest BCUT2D eigenvalue weighted by Gasteiger charge is -2.12. The van der Waals surface area contributed by atoms with Crippen LogP contribution in [0.4, 0.5) is 10.1 Å². The van der Waals surface area contributed by atoms with Gasteiger partial charge in [-0.25, -0.2) is 9.18 Å². The van der Waals surface area contributed by atoms with Crippen molar-refractivity contribution >= 4 is 34.9 Å². The zero-order valence-electron chi connectivity index (χ0n) is 11.1. The lowest BCUT2D eigenvalue weighted by Crippen LogP contribution is -2.09. The fourth-order valence-electron chi connectivity index (χ4n) is 1.82. The molecule has 110 valence electrons. The van der Waals surface area contributed by atoms with Crippen LogP contribution in [0.15, 0.2) is 36.4 Å². The predicted octanol–water partition coefficient (Wildman–Crippen LogP) is 4.53. The molecule has 2 aromatic carbocycles. The molecule has 2 rings (SSSR count). The maximum absolute atomic E-state index is 13.7. The van der Waals surface area contributed by atoms with Gasteiger partial charge in [-0.1, -0.05) is 23.2 Å². The standard InChI is InChI=1S/C15H12Cl2FNO2/c1-21-15(20)12-7-11(17)3-5-14(12)19-8-9-6-10(16)2-4-13(9)18/h2-7,19H,8H2,1H3. The number of hydrogen-bond donors (Lipinski definition) is 1. The first kappa shape index (κ1) is 15.6. The van der Waals surface area contributed by atoms with Gasteiger partial charge in [0.1, 0.15) is 5.82 Å². The Hall–Kier alpha value is -1.78. The maximum atomic E-state index is 13.7. The van der Waals surface area contributed by atoms with Crippen LogP contribution in [0.25, 0.3) is 0 Å². The SMILES string of the molecule is COC(=O)c1cc(Cl)ccc1NCc1cc(Cl)ccc1F. The van der Waals surface area contributed by atoms with Crippen LogP contribution >= 0.6 is 23.2 Å². The van der Waals surface area contributed by atoms with Crippen molar-refractivity contribution in [1.29, 1.82) is 0 Å². The van der Waals surface area contributed by atoms with Gasteiger partial charge in [0.15, 0.2) is 0 Å². The molecule has 0 aliphatic rings. The van der Waals surface area contributed by atoms with Gasteiger partial charge in [0.2, 0.25) is 0 Å². The third kappa shape index (κ3) is 3.86. The van der Waals surface area contributed by atoms with Crippen LogP contribution in [0.3, 0.4) is 0 Å². The Bertz CT molecular complexity index is 677. The van der Waals surface area contributed by atoms with E-state index in [9.17, 15) is 9.18 Å². The van der Waals surface area contributed by atoms with E-state index in [2.05, 4.69) is 5.32 Å². The zero-order valence-corrected chi connectivity index (χ0v) is 12.6. The number of carbonyl (C=O) groups is 1. The fraction of sp³-hybridized carbons (Fsp3) is 0.133. The van der Waals surface area contributed by atoms with E-state index in [0.717, 1.165) is 0 Å². The molecule has 0 saturated heterocycles. The number of methoxy groups -OCH3 is 1. The number of anilines is 1. The van der Waals surface area contributed by atoms with E-state index in [-0.39, 0.29) is 17.9 Å². The summed E-state index contributed by atoms with van der Waals surface area (Å²) in [5, 5.41) is 3.84. The maximum Gasteiger partial charge on any atom is 0.340 e. The molecule has 0 atom stereocenters. The summed E-state index contributed by atoms with van der Waals surface area (Å²) in [6.45, 7) is 0.179. The first-order valence-electron chi connectivity index (χ1n) is 6.07. The number of nitrogens with one attached hydrogen (secondary N) is 1. The predicted molar refractivity (Wildman–Crippen MR) is 81.5 cm³/mol. The van der Waals surface area contributed by atoms with Crippen LogP contribution in [0.2, 0.25) is 10.0 Å². The molecule has 0 heterocycles. The molecule has 6 heteroatoms. The fourth-order valence-corrected chi connectivity index (χ4v) is 2.19. The monoisotopic (exact) mass is 327 g/mol. The third-order valence-corrected chi connectivity index (χ3v) is 3.33. The van der Waals surface area contributed by atoms with E-state index in [1.54, 1.807) is 12.1 Å². The summed E-state index contributed by atoms with van der Waals surface area (Å²) in [4.78, 5) is 11.7. The second kappa shape index (κ2) is 6.78. The van der Waals surface area contributed by atoms with Gasteiger partial charge in [-0.15, -0.1) is 0 Å². The van der Waals surface area contributed by atoms with Gasteiger partial charge in [0, 0.05) is 27.8 Å². The van der Waals surface area contributed by atoms with Crippen LogP contribution in [-0.2, 0) is 11.3 Å². The minimum Gasteiger partial charge on any atom is -0.465 e. The summed E-state index contributed by atoms with van der Waals surface area (Å²) in [6, 6.07) is 9.05. The summed E-state index contributed by atoms with van der Waals surface area (Å²) < 4.78 is 18.3. The number of ether oxygens (including phenoxy) is 1. The Morgan fingerprint density at radius 3 is 2.57 bits per heavy atom. The van der Waals surface area contributed by atoms with Gasteiger partial charge in [-0.2, -0.15) is 0 Å². The van der Waals surface area contributed by atoms with Gasteiger partial charge in [0.05, 0.1) is 12.7 Å². The first-order valence-corrected chi connectivity index (χ1v) is 6.82. The molecule has 0 aliphatic carbocycles. The molecule has 0 bridgehead atoms. The number of benzene rings is 2. The van der Waals surface area contributed by atoms with E-state index >= 15 is 0 Å². The van der Waals surface area contributed by atoms with E-state index < -0.39 is 5.97 Å². The van der Waals surface area contributed by atoms with Crippen molar-refractivity contribution in [2.45, 2.75) is 6.54 Å². The summed E-state index contributed by atoms with van der Waals surface area (Å²) in [7, 11) is 1.28. The Balaban J connectivity index is 2.24. The second-order valence-corrected chi connectivity index (χ2v) is 5.14. The number of hydrogen-bond acceptors (Lipinski definition) is 3. The number of rotatable bonds is 4. The van der Waals surface area contributed by atoms with Gasteiger partial charge in [0.25, 0.3) is 0 Å². The Morgan fingerprint density at radius 2 is 1.86 bits per heavy atom. The highest BCUT2D eigenvalue weighted by Crippen LogP contribution is 2.23. The summed E-state index contributed by atoms with van der Waals surface area (Å²) in [5.41, 5.74) is 1.19. The highest BCUT2D eigenvalue weighted by molar-refractivity contribution is 6.31. The number of esters is 1. The summed E-state index contributed by atoms with van der Waals surface area (Å²) >= 11 is 11.7. The van der Waals surface area contributed by atoms with Crippen molar-refractivity contribution < 1.29 is 13.9 Å². The molecular weight excluding hydrogens is 316 g/mol. The molecule has 0 spiro atoms. The molecule has 0 radical (unpaired) electrons. The molecule has 0 aliphatic heterocycles. The van der Waals surface area contributed by atoms with Crippen molar-refractivity contribution in [2.24, 2.45) is 0 Å². The van der Waals surface area contributed by atoms with Crippen LogP contribution in [0.5, 0.6) is 0 Å². The molecular formula is C15H12Cl2FNO2. The van der Waals surface area contributed by atoms with Gasteiger partial charge in [-0.3, -0.25) is 0 Å². The van der Waals surface area contributed by atoms with Crippen LogP contribution in [0, 0.1) is 5.82 Å². The molecule has 21 heavy (non-hydrogen) atoms. The molecule has 0 fully saturated rings. The minimum atomic E-state index is -0.522. The molecule has 2 aromatic rings. The normalized spacial score (nSPS) is 10.3. The summed E-state index contributed by atoms with van der Waals surface area (Å²) in [5.74, 6) is -0.896. The van der Waals surface area contributed by atoms with Crippen molar-refractivity contribution in [2.75, 3.05) is 12.4 Å². The number of halogens is 3. The molecule has 1 N–H and O–H groups in total. The van der Waals surface area contributed by atoms with Crippen molar-refractivity contribution in [1.82, 2.24) is 0 Å². The molecule has 0 amide bonds. The van der Waals surface area contributed by atoms with E-state index in [1.807, 2.05) is 0 Å². The Labute approximate surface area is 131 Å². The van der Waals surface area contributed by atoms with Crippen LogP contribution < -0.4 is 5.32 Å². The lowest BCUT2D eigenvalue weighted by molar-refractivity contribution is 0.0602. The van der Waals surface area contributed by atoms with Crippen molar-refractivity contribution in [3.8, 4) is 0 Å². The van der Waals surface area contributed by atoms with E-state index in [4.69, 9.17) is 27.9 Å².